The molecule has 152 valence electrons. The summed E-state index contributed by atoms with van der Waals surface area (Å²) in [6, 6.07) is 12.7. The quantitative estimate of drug-likeness (QED) is 0.604. The van der Waals surface area contributed by atoms with E-state index in [9.17, 15) is 9.18 Å². The van der Waals surface area contributed by atoms with E-state index < -0.39 is 5.97 Å². The average Bonchev–Trinajstić information content (AvgIpc) is 2.67. The Morgan fingerprint density at radius 1 is 1.29 bits per heavy atom. The summed E-state index contributed by atoms with van der Waals surface area (Å²) in [6.07, 6.45) is 0.0774. The molecule has 3 rings (SSSR count). The molecule has 0 saturated carbocycles. The van der Waals surface area contributed by atoms with Crippen molar-refractivity contribution >= 4 is 41.7 Å². The Balaban J connectivity index is 0.00000280. The van der Waals surface area contributed by atoms with Gasteiger partial charge >= 0.3 is 5.97 Å². The molecule has 0 aromatic heterocycles. The summed E-state index contributed by atoms with van der Waals surface area (Å²) in [5.41, 5.74) is 1.57. The van der Waals surface area contributed by atoms with E-state index in [0.717, 1.165) is 17.0 Å². The highest BCUT2D eigenvalue weighted by Crippen LogP contribution is 2.30. The van der Waals surface area contributed by atoms with E-state index in [-0.39, 0.29) is 30.7 Å². The molecule has 1 aliphatic heterocycles. The highest BCUT2D eigenvalue weighted by molar-refractivity contribution is 7.98. The number of hydrogen-bond acceptors (Lipinski definition) is 4. The minimum absolute atomic E-state index is 0. The number of benzene rings is 2. The van der Waals surface area contributed by atoms with Gasteiger partial charge in [0, 0.05) is 40.9 Å². The minimum Gasteiger partial charge on any atom is -0.481 e. The van der Waals surface area contributed by atoms with Crippen LogP contribution in [0.4, 0.5) is 4.39 Å². The standard InChI is InChI=1S/C20H21ClFNO3S.ClH/c21-17-2-1-3-18(22)16(17)13-27-15-6-4-14(5-7-15)19-12-23(10-11-26-19)9-8-20(24)25;/h1-7,19H,8-13H2,(H,24,25);1H. The van der Waals surface area contributed by atoms with Gasteiger partial charge in [-0.25, -0.2) is 4.39 Å². The van der Waals surface area contributed by atoms with Gasteiger partial charge in [-0.2, -0.15) is 0 Å². The second-order valence-corrected chi connectivity index (χ2v) is 7.82. The Morgan fingerprint density at radius 2 is 2.04 bits per heavy atom. The van der Waals surface area contributed by atoms with Gasteiger partial charge in [0.15, 0.2) is 0 Å². The summed E-state index contributed by atoms with van der Waals surface area (Å²) in [5, 5.41) is 9.27. The largest absolute Gasteiger partial charge is 0.481 e. The number of carboxylic acid groups (broad SMARTS) is 1. The third kappa shape index (κ3) is 6.36. The van der Waals surface area contributed by atoms with E-state index in [1.807, 2.05) is 24.3 Å². The number of nitrogens with zero attached hydrogens (tertiary/aromatic N) is 1. The summed E-state index contributed by atoms with van der Waals surface area (Å²) in [4.78, 5) is 13.9. The molecule has 1 atom stereocenters. The lowest BCUT2D eigenvalue weighted by molar-refractivity contribution is -0.137. The number of hydrogen-bond donors (Lipinski definition) is 1. The topological polar surface area (TPSA) is 49.8 Å². The first kappa shape index (κ1) is 23.0. The Hall–Kier alpha value is -1.31. The van der Waals surface area contributed by atoms with Crippen LogP contribution in [0.3, 0.4) is 0 Å². The molecule has 0 radical (unpaired) electrons. The zero-order valence-electron chi connectivity index (χ0n) is 15.1. The first-order valence-corrected chi connectivity index (χ1v) is 10.1. The lowest BCUT2D eigenvalue weighted by Gasteiger charge is -2.32. The van der Waals surface area contributed by atoms with Crippen LogP contribution in [-0.4, -0.2) is 42.2 Å². The van der Waals surface area contributed by atoms with Crippen LogP contribution in [0.5, 0.6) is 0 Å². The third-order valence-corrected chi connectivity index (χ3v) is 5.88. The summed E-state index contributed by atoms with van der Waals surface area (Å²) < 4.78 is 19.7. The Bertz CT molecular complexity index is 771. The fraction of sp³-hybridized carbons (Fsp3) is 0.350. The molecule has 1 unspecified atom stereocenters. The number of carboxylic acids is 1. The summed E-state index contributed by atoms with van der Waals surface area (Å²) in [5.74, 6) is -0.605. The van der Waals surface area contributed by atoms with Crippen LogP contribution in [-0.2, 0) is 15.3 Å². The van der Waals surface area contributed by atoms with Crippen molar-refractivity contribution < 1.29 is 19.0 Å². The Kier molecular flexibility index (Phi) is 9.05. The van der Waals surface area contributed by atoms with Crippen molar-refractivity contribution in [3.05, 3.63) is 64.4 Å². The lowest BCUT2D eigenvalue weighted by atomic mass is 10.1. The van der Waals surface area contributed by atoms with E-state index in [2.05, 4.69) is 4.90 Å². The molecular formula is C20H22Cl2FNO3S. The van der Waals surface area contributed by atoms with Gasteiger partial charge in [-0.1, -0.05) is 29.8 Å². The molecule has 2 aromatic carbocycles. The predicted molar refractivity (Wildman–Crippen MR) is 112 cm³/mol. The molecule has 0 amide bonds. The molecule has 2 aromatic rings. The second kappa shape index (κ2) is 11.0. The Labute approximate surface area is 179 Å². The number of ether oxygens (including phenoxy) is 1. The van der Waals surface area contributed by atoms with Crippen LogP contribution in [0.1, 0.15) is 23.7 Å². The lowest BCUT2D eigenvalue weighted by Crippen LogP contribution is -2.39. The first-order valence-electron chi connectivity index (χ1n) is 8.74. The molecule has 1 aliphatic rings. The molecule has 0 spiro atoms. The van der Waals surface area contributed by atoms with E-state index in [1.54, 1.807) is 12.1 Å². The fourth-order valence-corrected chi connectivity index (χ4v) is 4.21. The van der Waals surface area contributed by atoms with Crippen LogP contribution < -0.4 is 0 Å². The van der Waals surface area contributed by atoms with E-state index in [1.165, 1.54) is 17.8 Å². The predicted octanol–water partition coefficient (Wildman–Crippen LogP) is 5.04. The highest BCUT2D eigenvalue weighted by Gasteiger charge is 2.22. The molecule has 28 heavy (non-hydrogen) atoms. The number of rotatable bonds is 7. The number of morpholine rings is 1. The number of carbonyl (C=O) groups is 1. The van der Waals surface area contributed by atoms with Crippen LogP contribution in [0.2, 0.25) is 5.02 Å². The van der Waals surface area contributed by atoms with Crippen LogP contribution in [0, 0.1) is 5.82 Å². The molecule has 0 bridgehead atoms. The van der Waals surface area contributed by atoms with Gasteiger partial charge in [0.2, 0.25) is 0 Å². The zero-order valence-corrected chi connectivity index (χ0v) is 17.5. The van der Waals surface area contributed by atoms with Crippen molar-refractivity contribution in [1.82, 2.24) is 4.90 Å². The van der Waals surface area contributed by atoms with E-state index in [0.29, 0.717) is 36.0 Å². The van der Waals surface area contributed by atoms with Gasteiger partial charge in [-0.15, -0.1) is 24.2 Å². The van der Waals surface area contributed by atoms with Crippen molar-refractivity contribution in [3.8, 4) is 0 Å². The molecule has 0 aliphatic carbocycles. The summed E-state index contributed by atoms with van der Waals surface area (Å²) in [7, 11) is 0. The van der Waals surface area contributed by atoms with Crippen LogP contribution in [0.25, 0.3) is 0 Å². The van der Waals surface area contributed by atoms with Crippen molar-refractivity contribution in [2.24, 2.45) is 0 Å². The van der Waals surface area contributed by atoms with Crippen LogP contribution in [0.15, 0.2) is 47.4 Å². The SMILES string of the molecule is Cl.O=C(O)CCN1CCOC(c2ccc(SCc3c(F)cccc3Cl)cc2)C1. The normalized spacial score (nSPS) is 17.1. The number of aliphatic carboxylic acids is 1. The maximum Gasteiger partial charge on any atom is 0.304 e. The molecule has 1 N–H and O–H groups in total. The maximum atomic E-state index is 13.9. The zero-order chi connectivity index (χ0) is 19.2. The van der Waals surface area contributed by atoms with E-state index in [4.69, 9.17) is 21.4 Å². The van der Waals surface area contributed by atoms with Gasteiger partial charge < -0.3 is 9.84 Å². The van der Waals surface area contributed by atoms with E-state index >= 15 is 0 Å². The van der Waals surface area contributed by atoms with Gasteiger partial charge in [0.05, 0.1) is 19.1 Å². The van der Waals surface area contributed by atoms with Gasteiger partial charge in [0.25, 0.3) is 0 Å². The molecule has 1 saturated heterocycles. The minimum atomic E-state index is -0.783. The monoisotopic (exact) mass is 445 g/mol. The number of halogens is 3. The molecule has 4 nitrogen and oxygen atoms in total. The summed E-state index contributed by atoms with van der Waals surface area (Å²) >= 11 is 7.60. The molecule has 1 heterocycles. The first-order chi connectivity index (χ1) is 13.0. The average molecular weight is 446 g/mol. The van der Waals surface area contributed by atoms with Crippen molar-refractivity contribution in [1.29, 1.82) is 0 Å². The van der Waals surface area contributed by atoms with Crippen LogP contribution >= 0.6 is 35.8 Å². The second-order valence-electron chi connectivity index (χ2n) is 6.36. The highest BCUT2D eigenvalue weighted by atomic mass is 35.5. The third-order valence-electron chi connectivity index (χ3n) is 4.49. The molecular weight excluding hydrogens is 424 g/mol. The smallest absolute Gasteiger partial charge is 0.304 e. The molecule has 1 fully saturated rings. The van der Waals surface area contributed by atoms with Gasteiger partial charge in [0.1, 0.15) is 5.82 Å². The summed E-state index contributed by atoms with van der Waals surface area (Å²) in [6.45, 7) is 2.56. The Morgan fingerprint density at radius 3 is 2.71 bits per heavy atom. The fourth-order valence-electron chi connectivity index (χ4n) is 2.97. The van der Waals surface area contributed by atoms with Gasteiger partial charge in [-0.3, -0.25) is 9.69 Å². The maximum absolute atomic E-state index is 13.9. The van der Waals surface area contributed by atoms with Crippen molar-refractivity contribution in [2.75, 3.05) is 26.2 Å². The number of thioether (sulfide) groups is 1. The van der Waals surface area contributed by atoms with Gasteiger partial charge in [-0.05, 0) is 29.8 Å². The molecule has 8 heteroatoms. The van der Waals surface area contributed by atoms with Crippen molar-refractivity contribution in [3.63, 3.8) is 0 Å². The van der Waals surface area contributed by atoms with Crippen molar-refractivity contribution in [2.45, 2.75) is 23.2 Å².